The first kappa shape index (κ1) is 7.37. The van der Waals surface area contributed by atoms with E-state index in [0.29, 0.717) is 5.15 Å². The Morgan fingerprint density at radius 1 is 1.25 bits per heavy atom. The van der Waals surface area contributed by atoms with E-state index in [4.69, 9.17) is 16.0 Å². The summed E-state index contributed by atoms with van der Waals surface area (Å²) in [5, 5.41) is 0.465. The molecular weight excluding hydrogens is 174 g/mol. The maximum absolute atomic E-state index is 5.84. The molecule has 0 radical (unpaired) electrons. The van der Waals surface area contributed by atoms with Gasteiger partial charge in [0.2, 0.25) is 0 Å². The van der Waals surface area contributed by atoms with Crippen LogP contribution in [0.2, 0.25) is 5.15 Å². The summed E-state index contributed by atoms with van der Waals surface area (Å²) >= 11 is 5.84. The molecule has 3 heteroatoms. The van der Waals surface area contributed by atoms with Gasteiger partial charge in [-0.05, 0) is 24.3 Å². The molecule has 0 unspecified atom stereocenters. The summed E-state index contributed by atoms with van der Waals surface area (Å²) in [7, 11) is 0. The molecule has 0 bridgehead atoms. The van der Waals surface area contributed by atoms with E-state index in [1.54, 1.807) is 12.5 Å². The highest BCUT2D eigenvalue weighted by Gasteiger charge is 2.04. The van der Waals surface area contributed by atoms with Gasteiger partial charge in [-0.15, -0.1) is 0 Å². The standard InChI is InChI=1S/C9H6ClNO/c10-9-7(3-1-5-11-9)8-4-2-6-12-8/h1-6H. The maximum atomic E-state index is 5.84. The molecule has 2 rings (SSSR count). The number of pyridine rings is 1. The molecule has 0 aliphatic heterocycles. The normalized spacial score (nSPS) is 10.1. The molecule has 0 amide bonds. The van der Waals surface area contributed by atoms with E-state index in [-0.39, 0.29) is 0 Å². The Kier molecular flexibility index (Phi) is 1.84. The minimum absolute atomic E-state index is 0.465. The zero-order chi connectivity index (χ0) is 8.39. The third-order valence-electron chi connectivity index (χ3n) is 1.55. The summed E-state index contributed by atoms with van der Waals surface area (Å²) in [6.07, 6.45) is 3.26. The minimum Gasteiger partial charge on any atom is -0.464 e. The van der Waals surface area contributed by atoms with Crippen LogP contribution < -0.4 is 0 Å². The quantitative estimate of drug-likeness (QED) is 0.629. The van der Waals surface area contributed by atoms with Crippen LogP contribution in [0, 0.1) is 0 Å². The third kappa shape index (κ3) is 1.21. The van der Waals surface area contributed by atoms with Crippen molar-refractivity contribution in [2.75, 3.05) is 0 Å². The SMILES string of the molecule is Clc1ncccc1-c1ccco1. The summed E-state index contributed by atoms with van der Waals surface area (Å²) in [5.41, 5.74) is 0.823. The van der Waals surface area contributed by atoms with Crippen LogP contribution in [0.15, 0.2) is 41.1 Å². The van der Waals surface area contributed by atoms with E-state index in [1.165, 1.54) is 0 Å². The average Bonchev–Trinajstić information content (AvgIpc) is 2.57. The molecule has 2 aromatic heterocycles. The summed E-state index contributed by atoms with van der Waals surface area (Å²) < 4.78 is 5.18. The minimum atomic E-state index is 0.465. The van der Waals surface area contributed by atoms with E-state index >= 15 is 0 Å². The Bertz CT molecular complexity index is 370. The molecule has 0 spiro atoms. The number of hydrogen-bond acceptors (Lipinski definition) is 2. The van der Waals surface area contributed by atoms with E-state index in [2.05, 4.69) is 4.98 Å². The number of rotatable bonds is 1. The predicted octanol–water partition coefficient (Wildman–Crippen LogP) is 3.00. The van der Waals surface area contributed by atoms with Crippen LogP contribution >= 0.6 is 11.6 Å². The number of halogens is 1. The molecule has 0 N–H and O–H groups in total. The predicted molar refractivity (Wildman–Crippen MR) is 46.9 cm³/mol. The molecule has 0 aliphatic rings. The highest BCUT2D eigenvalue weighted by molar-refractivity contribution is 6.31. The van der Waals surface area contributed by atoms with E-state index in [0.717, 1.165) is 11.3 Å². The van der Waals surface area contributed by atoms with Crippen LogP contribution in [-0.2, 0) is 0 Å². The van der Waals surface area contributed by atoms with Crippen LogP contribution in [0.4, 0.5) is 0 Å². The van der Waals surface area contributed by atoms with Gasteiger partial charge in [0.1, 0.15) is 10.9 Å². The molecule has 0 aromatic carbocycles. The van der Waals surface area contributed by atoms with E-state index in [1.807, 2.05) is 24.3 Å². The van der Waals surface area contributed by atoms with Crippen LogP contribution in [0.5, 0.6) is 0 Å². The number of furan rings is 1. The molecule has 0 atom stereocenters. The summed E-state index contributed by atoms with van der Waals surface area (Å²) in [4.78, 5) is 3.94. The second-order valence-electron chi connectivity index (χ2n) is 2.32. The number of hydrogen-bond donors (Lipinski definition) is 0. The zero-order valence-corrected chi connectivity index (χ0v) is 6.95. The topological polar surface area (TPSA) is 26.0 Å². The Morgan fingerprint density at radius 3 is 2.83 bits per heavy atom. The highest BCUT2D eigenvalue weighted by Crippen LogP contribution is 2.25. The lowest BCUT2D eigenvalue weighted by Crippen LogP contribution is -1.78. The lowest BCUT2D eigenvalue weighted by Gasteiger charge is -1.96. The summed E-state index contributed by atoms with van der Waals surface area (Å²) in [5.74, 6) is 0.744. The fraction of sp³-hybridized carbons (Fsp3) is 0. The molecular formula is C9H6ClNO. The van der Waals surface area contributed by atoms with Gasteiger partial charge in [0.05, 0.1) is 11.8 Å². The Labute approximate surface area is 74.8 Å². The van der Waals surface area contributed by atoms with Gasteiger partial charge < -0.3 is 4.42 Å². The fourth-order valence-corrected chi connectivity index (χ4v) is 1.21. The van der Waals surface area contributed by atoms with Gasteiger partial charge >= 0.3 is 0 Å². The first-order valence-electron chi connectivity index (χ1n) is 3.52. The maximum Gasteiger partial charge on any atom is 0.139 e. The van der Waals surface area contributed by atoms with Crippen molar-refractivity contribution >= 4 is 11.6 Å². The monoisotopic (exact) mass is 179 g/mol. The van der Waals surface area contributed by atoms with Crippen molar-refractivity contribution < 1.29 is 4.42 Å². The van der Waals surface area contributed by atoms with Crippen LogP contribution in [0.1, 0.15) is 0 Å². The summed E-state index contributed by atoms with van der Waals surface area (Å²) in [6.45, 7) is 0. The van der Waals surface area contributed by atoms with Crippen LogP contribution in [0.25, 0.3) is 11.3 Å². The van der Waals surface area contributed by atoms with Gasteiger partial charge in [-0.1, -0.05) is 11.6 Å². The molecule has 0 saturated carbocycles. The van der Waals surface area contributed by atoms with Gasteiger partial charge in [0, 0.05) is 6.20 Å². The molecule has 0 fully saturated rings. The Hall–Kier alpha value is -1.28. The molecule has 2 heterocycles. The van der Waals surface area contributed by atoms with Crippen molar-refractivity contribution in [3.05, 3.63) is 41.9 Å². The largest absolute Gasteiger partial charge is 0.464 e. The molecule has 0 aliphatic carbocycles. The molecule has 12 heavy (non-hydrogen) atoms. The van der Waals surface area contributed by atoms with Gasteiger partial charge in [0.15, 0.2) is 0 Å². The molecule has 2 nitrogen and oxygen atoms in total. The van der Waals surface area contributed by atoms with Crippen molar-refractivity contribution in [2.45, 2.75) is 0 Å². The van der Waals surface area contributed by atoms with Crippen molar-refractivity contribution in [3.63, 3.8) is 0 Å². The van der Waals surface area contributed by atoms with E-state index < -0.39 is 0 Å². The van der Waals surface area contributed by atoms with Crippen LogP contribution in [-0.4, -0.2) is 4.98 Å². The van der Waals surface area contributed by atoms with Crippen molar-refractivity contribution in [1.29, 1.82) is 0 Å². The number of nitrogens with zero attached hydrogens (tertiary/aromatic N) is 1. The first-order valence-corrected chi connectivity index (χ1v) is 3.90. The average molecular weight is 180 g/mol. The smallest absolute Gasteiger partial charge is 0.139 e. The Morgan fingerprint density at radius 2 is 2.17 bits per heavy atom. The van der Waals surface area contributed by atoms with E-state index in [9.17, 15) is 0 Å². The van der Waals surface area contributed by atoms with Crippen LogP contribution in [0.3, 0.4) is 0 Å². The van der Waals surface area contributed by atoms with Crippen molar-refractivity contribution in [2.24, 2.45) is 0 Å². The lowest BCUT2D eigenvalue weighted by atomic mass is 10.2. The second-order valence-corrected chi connectivity index (χ2v) is 2.68. The highest BCUT2D eigenvalue weighted by atomic mass is 35.5. The van der Waals surface area contributed by atoms with Crippen molar-refractivity contribution in [3.8, 4) is 11.3 Å². The number of aromatic nitrogens is 1. The van der Waals surface area contributed by atoms with Crippen molar-refractivity contribution in [1.82, 2.24) is 4.98 Å². The van der Waals surface area contributed by atoms with Gasteiger partial charge in [-0.2, -0.15) is 0 Å². The summed E-state index contributed by atoms with van der Waals surface area (Å²) in [6, 6.07) is 7.36. The van der Waals surface area contributed by atoms with Gasteiger partial charge in [-0.25, -0.2) is 4.98 Å². The third-order valence-corrected chi connectivity index (χ3v) is 1.85. The molecule has 60 valence electrons. The molecule has 0 saturated heterocycles. The van der Waals surface area contributed by atoms with Gasteiger partial charge in [0.25, 0.3) is 0 Å². The van der Waals surface area contributed by atoms with Gasteiger partial charge in [-0.3, -0.25) is 0 Å². The molecule has 2 aromatic rings. The Balaban J connectivity index is 2.55. The first-order chi connectivity index (χ1) is 5.88. The second kappa shape index (κ2) is 2.99. The zero-order valence-electron chi connectivity index (χ0n) is 6.20. The fourth-order valence-electron chi connectivity index (χ4n) is 1.00. The lowest BCUT2D eigenvalue weighted by molar-refractivity contribution is 0.582.